The summed E-state index contributed by atoms with van der Waals surface area (Å²) in [6.07, 6.45) is 7.19. The van der Waals surface area contributed by atoms with Gasteiger partial charge in [0.1, 0.15) is 0 Å². The number of carbonyl (C=O) groups is 2. The summed E-state index contributed by atoms with van der Waals surface area (Å²) in [5, 5.41) is 6.47. The van der Waals surface area contributed by atoms with Gasteiger partial charge in [-0.25, -0.2) is 0 Å². The average Bonchev–Trinajstić information content (AvgIpc) is 2.86. The molecule has 3 rings (SSSR count). The summed E-state index contributed by atoms with van der Waals surface area (Å²) in [5.74, 6) is -0.0396. The van der Waals surface area contributed by atoms with Crippen molar-refractivity contribution in [3.05, 3.63) is 29.3 Å². The van der Waals surface area contributed by atoms with Crippen LogP contribution < -0.4 is 10.6 Å². The Bertz CT molecular complexity index is 573. The van der Waals surface area contributed by atoms with Gasteiger partial charge in [-0.2, -0.15) is 11.8 Å². The number of amides is 2. The van der Waals surface area contributed by atoms with E-state index in [9.17, 15) is 9.59 Å². The van der Waals surface area contributed by atoms with Gasteiger partial charge >= 0.3 is 0 Å². The fourth-order valence-electron chi connectivity index (χ4n) is 3.15. The van der Waals surface area contributed by atoms with Crippen molar-refractivity contribution in [1.29, 1.82) is 0 Å². The van der Waals surface area contributed by atoms with Gasteiger partial charge in [0.2, 0.25) is 5.91 Å². The lowest BCUT2D eigenvalue weighted by atomic mass is 9.94. The van der Waals surface area contributed by atoms with Crippen LogP contribution in [0.5, 0.6) is 0 Å². The number of benzene rings is 1. The molecule has 1 aliphatic carbocycles. The summed E-state index contributed by atoms with van der Waals surface area (Å²) in [6, 6.07) is 5.72. The van der Waals surface area contributed by atoms with Gasteiger partial charge in [0, 0.05) is 22.5 Å². The van der Waals surface area contributed by atoms with E-state index in [1.807, 2.05) is 23.9 Å². The van der Waals surface area contributed by atoms with E-state index >= 15 is 0 Å². The topological polar surface area (TPSA) is 58.2 Å². The molecule has 112 valence electrons. The molecule has 1 heterocycles. The Kier molecular flexibility index (Phi) is 4.19. The number of rotatable bonds is 3. The number of carbonyl (C=O) groups excluding carboxylic acids is 2. The molecule has 2 N–H and O–H groups in total. The molecule has 0 bridgehead atoms. The van der Waals surface area contributed by atoms with Crippen molar-refractivity contribution in [1.82, 2.24) is 5.32 Å². The van der Waals surface area contributed by atoms with E-state index in [1.165, 1.54) is 19.3 Å². The summed E-state index contributed by atoms with van der Waals surface area (Å²) in [4.78, 5) is 23.8. The molecule has 0 radical (unpaired) electrons. The van der Waals surface area contributed by atoms with Crippen LogP contribution in [0.4, 0.5) is 5.69 Å². The minimum atomic E-state index is -0.0371. The lowest BCUT2D eigenvalue weighted by Gasteiger charge is -2.31. The molecule has 5 heteroatoms. The first kappa shape index (κ1) is 14.4. The van der Waals surface area contributed by atoms with Crippen molar-refractivity contribution in [3.8, 4) is 0 Å². The maximum absolute atomic E-state index is 12.4. The predicted molar refractivity (Wildman–Crippen MR) is 85.8 cm³/mol. The van der Waals surface area contributed by atoms with Gasteiger partial charge in [0.25, 0.3) is 5.91 Å². The molecule has 1 saturated carbocycles. The van der Waals surface area contributed by atoms with Crippen LogP contribution in [-0.2, 0) is 11.2 Å². The first-order valence-electron chi connectivity index (χ1n) is 7.44. The summed E-state index contributed by atoms with van der Waals surface area (Å²) in [6.45, 7) is 0. The minimum Gasteiger partial charge on any atom is -0.348 e. The van der Waals surface area contributed by atoms with E-state index in [0.717, 1.165) is 17.7 Å². The van der Waals surface area contributed by atoms with E-state index in [-0.39, 0.29) is 17.9 Å². The maximum Gasteiger partial charge on any atom is 0.251 e. The molecule has 1 aromatic rings. The average molecular weight is 304 g/mol. The quantitative estimate of drug-likeness (QED) is 0.902. The maximum atomic E-state index is 12.4. The lowest BCUT2D eigenvalue weighted by molar-refractivity contribution is -0.115. The molecule has 0 spiro atoms. The smallest absolute Gasteiger partial charge is 0.251 e. The molecule has 4 nitrogen and oxygen atoms in total. The molecule has 0 saturated heterocycles. The van der Waals surface area contributed by atoms with Crippen LogP contribution in [0.1, 0.15) is 41.6 Å². The molecule has 1 aliphatic heterocycles. The van der Waals surface area contributed by atoms with Crippen LogP contribution in [-0.4, -0.2) is 29.4 Å². The van der Waals surface area contributed by atoms with Crippen LogP contribution in [0.2, 0.25) is 0 Å². The molecular formula is C16H20N2O2S. The highest BCUT2D eigenvalue weighted by Gasteiger charge is 2.26. The second kappa shape index (κ2) is 6.10. The molecular weight excluding hydrogens is 284 g/mol. The second-order valence-corrected chi connectivity index (χ2v) is 6.81. The van der Waals surface area contributed by atoms with Crippen molar-refractivity contribution in [2.75, 3.05) is 11.6 Å². The summed E-state index contributed by atoms with van der Waals surface area (Å²) < 4.78 is 0. The monoisotopic (exact) mass is 304 g/mol. The van der Waals surface area contributed by atoms with Gasteiger partial charge in [-0.1, -0.05) is 18.9 Å². The molecule has 2 aliphatic rings. The van der Waals surface area contributed by atoms with Gasteiger partial charge in [-0.05, 0) is 36.8 Å². The number of anilines is 1. The highest BCUT2D eigenvalue weighted by atomic mass is 32.2. The SMILES string of the molecule is CSC1CCCCC1NC(=O)c1ccc2c(c1)NC(=O)C2. The zero-order chi connectivity index (χ0) is 14.8. The highest BCUT2D eigenvalue weighted by molar-refractivity contribution is 7.99. The van der Waals surface area contributed by atoms with Gasteiger partial charge < -0.3 is 10.6 Å². The first-order chi connectivity index (χ1) is 10.2. The number of thioether (sulfide) groups is 1. The lowest BCUT2D eigenvalue weighted by Crippen LogP contribution is -2.43. The highest BCUT2D eigenvalue weighted by Crippen LogP contribution is 2.28. The standard InChI is InChI=1S/C16H20N2O2S/c1-21-14-5-3-2-4-12(14)18-16(20)11-7-6-10-9-15(19)17-13(10)8-11/h6-8,12,14H,2-5,9H2,1H3,(H,17,19)(H,18,20). The zero-order valence-electron chi connectivity index (χ0n) is 12.1. The zero-order valence-corrected chi connectivity index (χ0v) is 13.0. The predicted octanol–water partition coefficient (Wildman–Crippen LogP) is 2.59. The van der Waals surface area contributed by atoms with Gasteiger partial charge in [-0.3, -0.25) is 9.59 Å². The minimum absolute atomic E-state index is 0.00251. The van der Waals surface area contributed by atoms with E-state index in [4.69, 9.17) is 0 Å². The van der Waals surface area contributed by atoms with Crippen LogP contribution in [0.15, 0.2) is 18.2 Å². The van der Waals surface area contributed by atoms with E-state index in [0.29, 0.717) is 17.2 Å². The van der Waals surface area contributed by atoms with Crippen LogP contribution in [0, 0.1) is 0 Å². The van der Waals surface area contributed by atoms with Crippen LogP contribution in [0.3, 0.4) is 0 Å². The Hall–Kier alpha value is -1.49. The largest absolute Gasteiger partial charge is 0.348 e. The van der Waals surface area contributed by atoms with Crippen molar-refractivity contribution >= 4 is 29.3 Å². The number of hydrogen-bond donors (Lipinski definition) is 2. The third-order valence-electron chi connectivity index (χ3n) is 4.32. The second-order valence-electron chi connectivity index (χ2n) is 5.74. The Morgan fingerprint density at radius 2 is 2.14 bits per heavy atom. The van der Waals surface area contributed by atoms with E-state index in [2.05, 4.69) is 16.9 Å². The first-order valence-corrected chi connectivity index (χ1v) is 8.72. The molecule has 0 aromatic heterocycles. The summed E-state index contributed by atoms with van der Waals surface area (Å²) >= 11 is 1.84. The number of hydrogen-bond acceptors (Lipinski definition) is 3. The molecule has 1 fully saturated rings. The van der Waals surface area contributed by atoms with E-state index in [1.54, 1.807) is 6.07 Å². The third kappa shape index (κ3) is 3.07. The third-order valence-corrected chi connectivity index (χ3v) is 5.49. The summed E-state index contributed by atoms with van der Waals surface area (Å²) in [7, 11) is 0. The number of nitrogens with one attached hydrogen (secondary N) is 2. The van der Waals surface area contributed by atoms with Crippen LogP contribution >= 0.6 is 11.8 Å². The fourth-order valence-corrected chi connectivity index (χ4v) is 4.09. The Balaban J connectivity index is 1.71. The van der Waals surface area contributed by atoms with Crippen molar-refractivity contribution in [2.45, 2.75) is 43.4 Å². The fraction of sp³-hybridized carbons (Fsp3) is 0.500. The Morgan fingerprint density at radius 3 is 2.95 bits per heavy atom. The van der Waals surface area contributed by atoms with Gasteiger partial charge in [0.15, 0.2) is 0 Å². The van der Waals surface area contributed by atoms with Gasteiger partial charge in [-0.15, -0.1) is 0 Å². The summed E-state index contributed by atoms with van der Waals surface area (Å²) in [5.41, 5.74) is 2.37. The van der Waals surface area contributed by atoms with Crippen molar-refractivity contribution in [2.24, 2.45) is 0 Å². The van der Waals surface area contributed by atoms with Crippen LogP contribution in [0.25, 0.3) is 0 Å². The van der Waals surface area contributed by atoms with Crippen molar-refractivity contribution in [3.63, 3.8) is 0 Å². The molecule has 2 unspecified atom stereocenters. The molecule has 2 amide bonds. The van der Waals surface area contributed by atoms with E-state index < -0.39 is 0 Å². The normalized spacial score (nSPS) is 24.3. The van der Waals surface area contributed by atoms with Crippen molar-refractivity contribution < 1.29 is 9.59 Å². The Labute approximate surface area is 129 Å². The Morgan fingerprint density at radius 1 is 1.33 bits per heavy atom. The molecule has 1 aromatic carbocycles. The molecule has 2 atom stereocenters. The van der Waals surface area contributed by atoms with Gasteiger partial charge in [0.05, 0.1) is 6.42 Å². The molecule has 21 heavy (non-hydrogen) atoms. The number of fused-ring (bicyclic) bond motifs is 1.